The summed E-state index contributed by atoms with van der Waals surface area (Å²) in [4.78, 5) is 4.05. The van der Waals surface area contributed by atoms with Gasteiger partial charge in [0.1, 0.15) is 6.61 Å². The summed E-state index contributed by atoms with van der Waals surface area (Å²) < 4.78 is 13.8. The lowest BCUT2D eigenvalue weighted by Gasteiger charge is -2.14. The lowest BCUT2D eigenvalue weighted by molar-refractivity contribution is 0.269. The van der Waals surface area contributed by atoms with E-state index in [0.717, 1.165) is 48.1 Å². The lowest BCUT2D eigenvalue weighted by Crippen LogP contribution is -2.16. The molecular weight excluding hydrogens is 374 g/mol. The summed E-state index contributed by atoms with van der Waals surface area (Å²) in [6, 6.07) is 13.8. The van der Waals surface area contributed by atoms with Crippen molar-refractivity contribution in [2.45, 2.75) is 33.0 Å². The zero-order valence-electron chi connectivity index (χ0n) is 16.1. The molecule has 0 fully saturated rings. The highest BCUT2D eigenvalue weighted by molar-refractivity contribution is 6.30. The van der Waals surface area contributed by atoms with Gasteiger partial charge >= 0.3 is 0 Å². The highest BCUT2D eigenvalue weighted by Gasteiger charge is 2.07. The predicted octanol–water partition coefficient (Wildman–Crippen LogP) is 4.69. The van der Waals surface area contributed by atoms with Crippen LogP contribution in [0.1, 0.15) is 24.5 Å². The zero-order chi connectivity index (χ0) is 19.6. The number of nitrogens with zero attached hydrogens (tertiary/aromatic N) is 2. The summed E-state index contributed by atoms with van der Waals surface area (Å²) in [7, 11) is 0. The van der Waals surface area contributed by atoms with Gasteiger partial charge in [-0.15, -0.1) is 0 Å². The SMILES string of the molecule is CCOc1cc(CNCCCn2ccnc2)ccc1OCc1ccc(Cl)cc1. The minimum atomic E-state index is 0.475. The Labute approximate surface area is 171 Å². The van der Waals surface area contributed by atoms with Gasteiger partial charge in [-0.3, -0.25) is 0 Å². The molecule has 0 unspecified atom stereocenters. The number of ether oxygens (including phenoxy) is 2. The van der Waals surface area contributed by atoms with Crippen LogP contribution in [0, 0.1) is 0 Å². The molecule has 0 aliphatic heterocycles. The molecule has 0 spiro atoms. The Bertz CT molecular complexity index is 835. The van der Waals surface area contributed by atoms with Gasteiger partial charge in [-0.1, -0.05) is 29.8 Å². The van der Waals surface area contributed by atoms with Crippen LogP contribution in [0.25, 0.3) is 0 Å². The second-order valence-electron chi connectivity index (χ2n) is 6.46. The maximum absolute atomic E-state index is 5.96. The van der Waals surface area contributed by atoms with E-state index in [0.29, 0.717) is 13.2 Å². The fourth-order valence-electron chi connectivity index (χ4n) is 2.83. The molecule has 0 radical (unpaired) electrons. The Balaban J connectivity index is 1.50. The summed E-state index contributed by atoms with van der Waals surface area (Å²) in [5.74, 6) is 1.52. The average Bonchev–Trinajstić information content (AvgIpc) is 3.22. The van der Waals surface area contributed by atoms with Crippen LogP contribution < -0.4 is 14.8 Å². The number of hydrogen-bond acceptors (Lipinski definition) is 4. The third-order valence-electron chi connectivity index (χ3n) is 4.27. The van der Waals surface area contributed by atoms with Crippen molar-refractivity contribution < 1.29 is 9.47 Å². The summed E-state index contributed by atoms with van der Waals surface area (Å²) in [6.45, 7) is 5.75. The molecule has 1 heterocycles. The Hall–Kier alpha value is -2.50. The van der Waals surface area contributed by atoms with Crippen LogP contribution >= 0.6 is 11.6 Å². The lowest BCUT2D eigenvalue weighted by atomic mass is 10.2. The van der Waals surface area contributed by atoms with Crippen LogP contribution in [0.3, 0.4) is 0 Å². The van der Waals surface area contributed by atoms with Crippen LogP contribution in [0.4, 0.5) is 0 Å². The van der Waals surface area contributed by atoms with E-state index < -0.39 is 0 Å². The zero-order valence-corrected chi connectivity index (χ0v) is 16.9. The molecule has 3 rings (SSSR count). The summed E-state index contributed by atoms with van der Waals surface area (Å²) in [5, 5.41) is 4.20. The van der Waals surface area contributed by atoms with Crippen LogP contribution in [0.5, 0.6) is 11.5 Å². The van der Waals surface area contributed by atoms with Gasteiger partial charge in [0, 0.05) is 30.5 Å². The van der Waals surface area contributed by atoms with Crippen LogP contribution in [-0.4, -0.2) is 22.7 Å². The van der Waals surface area contributed by atoms with Gasteiger partial charge in [-0.05, 0) is 55.3 Å². The summed E-state index contributed by atoms with van der Waals surface area (Å²) in [5.41, 5.74) is 2.24. The molecule has 3 aromatic rings. The van der Waals surface area contributed by atoms with Crippen molar-refractivity contribution in [2.75, 3.05) is 13.2 Å². The van der Waals surface area contributed by atoms with Crippen LogP contribution in [-0.2, 0) is 19.7 Å². The molecule has 0 aliphatic carbocycles. The fraction of sp³-hybridized carbons (Fsp3) is 0.318. The monoisotopic (exact) mass is 399 g/mol. The first-order chi connectivity index (χ1) is 13.7. The van der Waals surface area contributed by atoms with E-state index in [1.807, 2.05) is 55.8 Å². The first-order valence-electron chi connectivity index (χ1n) is 9.54. The second kappa shape index (κ2) is 10.7. The molecule has 0 aliphatic rings. The van der Waals surface area contributed by atoms with Crippen molar-refractivity contribution in [2.24, 2.45) is 0 Å². The standard InChI is InChI=1S/C22H26ClN3O2/c1-2-27-22-14-19(15-24-10-3-12-26-13-11-25-17-26)6-9-21(22)28-16-18-4-7-20(23)8-5-18/h4-9,11,13-14,17,24H,2-3,10,12,15-16H2,1H3. The molecule has 0 atom stereocenters. The maximum Gasteiger partial charge on any atom is 0.161 e. The first kappa shape index (κ1) is 20.2. The number of nitrogens with one attached hydrogen (secondary N) is 1. The van der Waals surface area contributed by atoms with Gasteiger partial charge in [-0.25, -0.2) is 4.98 Å². The molecule has 0 bridgehead atoms. The van der Waals surface area contributed by atoms with Gasteiger partial charge in [0.05, 0.1) is 12.9 Å². The average molecular weight is 400 g/mol. The molecule has 0 amide bonds. The highest BCUT2D eigenvalue weighted by Crippen LogP contribution is 2.29. The number of rotatable bonds is 11. The number of imidazole rings is 1. The van der Waals surface area contributed by atoms with E-state index in [1.54, 1.807) is 6.20 Å². The van der Waals surface area contributed by atoms with Gasteiger partial charge in [0.2, 0.25) is 0 Å². The van der Waals surface area contributed by atoms with Crippen molar-refractivity contribution in [1.29, 1.82) is 0 Å². The Morgan fingerprint density at radius 1 is 1.04 bits per heavy atom. The Kier molecular flexibility index (Phi) is 7.76. The molecule has 1 aromatic heterocycles. The minimum absolute atomic E-state index is 0.475. The van der Waals surface area contributed by atoms with Gasteiger partial charge in [0.15, 0.2) is 11.5 Å². The number of hydrogen-bond donors (Lipinski definition) is 1. The van der Waals surface area contributed by atoms with Crippen molar-refractivity contribution in [1.82, 2.24) is 14.9 Å². The summed E-state index contributed by atoms with van der Waals surface area (Å²) in [6.07, 6.45) is 6.68. The quantitative estimate of drug-likeness (QED) is 0.475. The van der Waals surface area contributed by atoms with Gasteiger partial charge in [-0.2, -0.15) is 0 Å². The third kappa shape index (κ3) is 6.29. The van der Waals surface area contributed by atoms with Crippen molar-refractivity contribution in [3.63, 3.8) is 0 Å². The van der Waals surface area contributed by atoms with E-state index in [-0.39, 0.29) is 0 Å². The smallest absolute Gasteiger partial charge is 0.161 e. The van der Waals surface area contributed by atoms with Gasteiger partial charge < -0.3 is 19.4 Å². The van der Waals surface area contributed by atoms with Gasteiger partial charge in [0.25, 0.3) is 0 Å². The topological polar surface area (TPSA) is 48.3 Å². The normalized spacial score (nSPS) is 10.8. The molecular formula is C22H26ClN3O2. The first-order valence-corrected chi connectivity index (χ1v) is 9.92. The number of aromatic nitrogens is 2. The van der Waals surface area contributed by atoms with E-state index >= 15 is 0 Å². The van der Waals surface area contributed by atoms with Crippen LogP contribution in [0.2, 0.25) is 5.02 Å². The number of benzene rings is 2. The van der Waals surface area contributed by atoms with Crippen molar-refractivity contribution in [3.8, 4) is 11.5 Å². The molecule has 2 aromatic carbocycles. The summed E-state index contributed by atoms with van der Waals surface area (Å²) >= 11 is 5.93. The van der Waals surface area contributed by atoms with Crippen molar-refractivity contribution >= 4 is 11.6 Å². The van der Waals surface area contributed by atoms with E-state index in [4.69, 9.17) is 21.1 Å². The molecule has 0 saturated heterocycles. The number of halogens is 1. The molecule has 1 N–H and O–H groups in total. The number of aryl methyl sites for hydroxylation is 1. The van der Waals surface area contributed by atoms with Crippen LogP contribution in [0.15, 0.2) is 61.2 Å². The maximum atomic E-state index is 5.96. The molecule has 0 saturated carbocycles. The third-order valence-corrected chi connectivity index (χ3v) is 4.53. The molecule has 5 nitrogen and oxygen atoms in total. The molecule has 28 heavy (non-hydrogen) atoms. The Morgan fingerprint density at radius 3 is 2.61 bits per heavy atom. The fourth-order valence-corrected chi connectivity index (χ4v) is 2.96. The second-order valence-corrected chi connectivity index (χ2v) is 6.90. The van der Waals surface area contributed by atoms with E-state index in [1.165, 1.54) is 5.56 Å². The van der Waals surface area contributed by atoms with E-state index in [2.05, 4.69) is 20.9 Å². The highest BCUT2D eigenvalue weighted by atomic mass is 35.5. The largest absolute Gasteiger partial charge is 0.490 e. The predicted molar refractivity (Wildman–Crippen MR) is 112 cm³/mol. The van der Waals surface area contributed by atoms with E-state index in [9.17, 15) is 0 Å². The molecule has 6 heteroatoms. The minimum Gasteiger partial charge on any atom is -0.490 e. The Morgan fingerprint density at radius 2 is 1.86 bits per heavy atom. The molecule has 148 valence electrons. The van der Waals surface area contributed by atoms with Crippen molar-refractivity contribution in [3.05, 3.63) is 77.3 Å².